The normalized spacial score (nSPS) is 17.8. The van der Waals surface area contributed by atoms with Gasteiger partial charge in [0.05, 0.1) is 25.4 Å². The van der Waals surface area contributed by atoms with Crippen LogP contribution >= 0.6 is 11.6 Å². The highest BCUT2D eigenvalue weighted by Crippen LogP contribution is 2.28. The minimum Gasteiger partial charge on any atom is -0.386 e. The lowest BCUT2D eigenvalue weighted by Crippen LogP contribution is -2.36. The molecule has 0 amide bonds. The minimum absolute atomic E-state index is 0.525. The summed E-state index contributed by atoms with van der Waals surface area (Å²) in [5, 5.41) is 11.1. The lowest BCUT2D eigenvalue weighted by molar-refractivity contribution is 0.122. The molecule has 1 aliphatic heterocycles. The van der Waals surface area contributed by atoms with E-state index in [0.717, 1.165) is 24.5 Å². The van der Waals surface area contributed by atoms with Crippen LogP contribution in [0, 0.1) is 0 Å². The molecule has 122 valence electrons. The summed E-state index contributed by atoms with van der Waals surface area (Å²) in [7, 11) is 0. The van der Waals surface area contributed by atoms with Crippen LogP contribution in [0.15, 0.2) is 42.6 Å². The van der Waals surface area contributed by atoms with E-state index in [4.69, 9.17) is 22.1 Å². The summed E-state index contributed by atoms with van der Waals surface area (Å²) in [5.41, 5.74) is 7.68. The van der Waals surface area contributed by atoms with E-state index >= 15 is 0 Å². The number of pyridine rings is 1. The number of halogens is 1. The van der Waals surface area contributed by atoms with Crippen molar-refractivity contribution >= 4 is 17.4 Å². The van der Waals surface area contributed by atoms with Crippen molar-refractivity contribution in [1.29, 1.82) is 0 Å². The summed E-state index contributed by atoms with van der Waals surface area (Å²) < 4.78 is 5.34. The van der Waals surface area contributed by atoms with E-state index in [1.165, 1.54) is 0 Å². The third kappa shape index (κ3) is 3.82. The molecule has 6 heteroatoms. The molecule has 3 rings (SSSR count). The van der Waals surface area contributed by atoms with Crippen molar-refractivity contribution < 1.29 is 9.84 Å². The van der Waals surface area contributed by atoms with Gasteiger partial charge in [0.25, 0.3) is 0 Å². The Bertz CT molecular complexity index is 627. The van der Waals surface area contributed by atoms with Crippen molar-refractivity contribution in [2.45, 2.75) is 12.1 Å². The first-order chi connectivity index (χ1) is 11.1. The van der Waals surface area contributed by atoms with E-state index in [-0.39, 0.29) is 0 Å². The maximum absolute atomic E-state index is 10.5. The van der Waals surface area contributed by atoms with Crippen LogP contribution in [-0.2, 0) is 4.74 Å². The van der Waals surface area contributed by atoms with Crippen LogP contribution in [0.3, 0.4) is 0 Å². The number of aromatic nitrogens is 1. The molecule has 1 aromatic heterocycles. The summed E-state index contributed by atoms with van der Waals surface area (Å²) in [5.74, 6) is 0.893. The van der Waals surface area contributed by atoms with Gasteiger partial charge in [0, 0.05) is 29.9 Å². The number of aliphatic hydroxyl groups excluding tert-OH is 1. The number of anilines is 1. The molecular formula is C17H20ClN3O2. The van der Waals surface area contributed by atoms with Gasteiger partial charge in [-0.15, -0.1) is 0 Å². The van der Waals surface area contributed by atoms with Gasteiger partial charge in [0.1, 0.15) is 5.82 Å². The van der Waals surface area contributed by atoms with Crippen molar-refractivity contribution in [2.75, 3.05) is 31.2 Å². The van der Waals surface area contributed by atoms with Gasteiger partial charge < -0.3 is 20.5 Å². The van der Waals surface area contributed by atoms with Crippen LogP contribution < -0.4 is 10.6 Å². The summed E-state index contributed by atoms with van der Waals surface area (Å²) >= 11 is 5.88. The molecule has 2 aromatic rings. The van der Waals surface area contributed by atoms with E-state index in [9.17, 15) is 5.11 Å². The topological polar surface area (TPSA) is 71.6 Å². The van der Waals surface area contributed by atoms with Gasteiger partial charge in [-0.25, -0.2) is 4.98 Å². The van der Waals surface area contributed by atoms with Crippen LogP contribution in [0.25, 0.3) is 0 Å². The molecule has 0 aliphatic carbocycles. The molecule has 0 unspecified atom stereocenters. The second-order valence-corrected chi connectivity index (χ2v) is 6.01. The minimum atomic E-state index is -0.817. The Labute approximate surface area is 140 Å². The van der Waals surface area contributed by atoms with E-state index in [1.54, 1.807) is 18.3 Å². The van der Waals surface area contributed by atoms with Crippen LogP contribution in [0.5, 0.6) is 0 Å². The highest BCUT2D eigenvalue weighted by Gasteiger charge is 2.20. The number of ether oxygens (including phenoxy) is 1. The van der Waals surface area contributed by atoms with E-state index in [0.29, 0.717) is 23.8 Å². The van der Waals surface area contributed by atoms with Gasteiger partial charge in [0.15, 0.2) is 0 Å². The molecule has 0 bridgehead atoms. The summed E-state index contributed by atoms with van der Waals surface area (Å²) in [6, 6.07) is 10.4. The van der Waals surface area contributed by atoms with Crippen molar-refractivity contribution in [3.05, 3.63) is 58.7 Å². The fourth-order valence-corrected chi connectivity index (χ4v) is 2.75. The van der Waals surface area contributed by atoms with Crippen molar-refractivity contribution in [3.8, 4) is 0 Å². The first-order valence-corrected chi connectivity index (χ1v) is 8.01. The number of benzene rings is 1. The molecule has 1 aliphatic rings. The van der Waals surface area contributed by atoms with Crippen LogP contribution in [0.2, 0.25) is 5.02 Å². The van der Waals surface area contributed by atoms with Gasteiger partial charge in [-0.05, 0) is 23.8 Å². The van der Waals surface area contributed by atoms with Crippen LogP contribution in [0.1, 0.15) is 23.3 Å². The number of rotatable bonds is 4. The Morgan fingerprint density at radius 1 is 1.09 bits per heavy atom. The predicted octanol–water partition coefficient (Wildman–Crippen LogP) is 2.31. The smallest absolute Gasteiger partial charge is 0.128 e. The third-order valence-corrected chi connectivity index (χ3v) is 4.29. The summed E-state index contributed by atoms with van der Waals surface area (Å²) in [6.07, 6.45) is 0.869. The van der Waals surface area contributed by atoms with Crippen LogP contribution in [0.4, 0.5) is 5.82 Å². The summed E-state index contributed by atoms with van der Waals surface area (Å²) in [6.45, 7) is 3.10. The largest absolute Gasteiger partial charge is 0.386 e. The number of nitrogens with zero attached hydrogens (tertiary/aromatic N) is 2. The summed E-state index contributed by atoms with van der Waals surface area (Å²) in [4.78, 5) is 6.61. The molecule has 1 aromatic carbocycles. The molecule has 1 saturated heterocycles. The zero-order chi connectivity index (χ0) is 16.2. The molecule has 0 saturated carbocycles. The molecule has 5 nitrogen and oxygen atoms in total. The number of morpholine rings is 1. The van der Waals surface area contributed by atoms with Gasteiger partial charge in [-0.1, -0.05) is 29.8 Å². The predicted molar refractivity (Wildman–Crippen MR) is 90.6 cm³/mol. The van der Waals surface area contributed by atoms with Crippen molar-refractivity contribution in [1.82, 2.24) is 4.98 Å². The molecule has 2 heterocycles. The number of nitrogens with two attached hydrogens (primary N) is 1. The Morgan fingerprint density at radius 2 is 1.74 bits per heavy atom. The van der Waals surface area contributed by atoms with E-state index < -0.39 is 12.1 Å². The highest BCUT2D eigenvalue weighted by atomic mass is 35.5. The molecule has 1 fully saturated rings. The quantitative estimate of drug-likeness (QED) is 0.898. The SMILES string of the molecule is N[C@@H](c1ccc(Cl)cc1)[C@H](O)c1ccc(N2CCOCC2)nc1. The second-order valence-electron chi connectivity index (χ2n) is 5.57. The molecule has 2 atom stereocenters. The number of hydrogen-bond donors (Lipinski definition) is 2. The second kappa shape index (κ2) is 7.27. The molecule has 23 heavy (non-hydrogen) atoms. The highest BCUT2D eigenvalue weighted by molar-refractivity contribution is 6.30. The zero-order valence-electron chi connectivity index (χ0n) is 12.7. The lowest BCUT2D eigenvalue weighted by atomic mass is 9.98. The Balaban J connectivity index is 1.71. The fraction of sp³-hybridized carbons (Fsp3) is 0.353. The maximum atomic E-state index is 10.5. The monoisotopic (exact) mass is 333 g/mol. The van der Waals surface area contributed by atoms with Crippen molar-refractivity contribution in [3.63, 3.8) is 0 Å². The van der Waals surface area contributed by atoms with Gasteiger partial charge in [-0.2, -0.15) is 0 Å². The van der Waals surface area contributed by atoms with Crippen molar-refractivity contribution in [2.24, 2.45) is 5.73 Å². The first-order valence-electron chi connectivity index (χ1n) is 7.63. The average molecular weight is 334 g/mol. The zero-order valence-corrected chi connectivity index (χ0v) is 13.5. The van der Waals surface area contributed by atoms with E-state index in [2.05, 4.69) is 9.88 Å². The molecular weight excluding hydrogens is 314 g/mol. The average Bonchev–Trinajstić information content (AvgIpc) is 2.62. The maximum Gasteiger partial charge on any atom is 0.128 e. The Hall–Kier alpha value is -1.66. The molecule has 0 radical (unpaired) electrons. The molecule has 0 spiro atoms. The number of aliphatic hydroxyl groups is 1. The number of hydrogen-bond acceptors (Lipinski definition) is 5. The van der Waals surface area contributed by atoms with Gasteiger partial charge in [-0.3, -0.25) is 0 Å². The van der Waals surface area contributed by atoms with Gasteiger partial charge in [0.2, 0.25) is 0 Å². The van der Waals surface area contributed by atoms with Gasteiger partial charge >= 0.3 is 0 Å². The Kier molecular flexibility index (Phi) is 5.13. The third-order valence-electron chi connectivity index (χ3n) is 4.04. The van der Waals surface area contributed by atoms with Crippen LogP contribution in [-0.4, -0.2) is 36.4 Å². The molecule has 3 N–H and O–H groups in total. The first kappa shape index (κ1) is 16.2. The Morgan fingerprint density at radius 3 is 2.35 bits per heavy atom. The van der Waals surface area contributed by atoms with E-state index in [1.807, 2.05) is 24.3 Å². The standard InChI is InChI=1S/C17H20ClN3O2/c18-14-4-1-12(2-5-14)16(19)17(22)13-3-6-15(20-11-13)21-7-9-23-10-8-21/h1-6,11,16-17,22H,7-10,19H2/t16-,17+/m0/s1. The lowest BCUT2D eigenvalue weighted by Gasteiger charge is -2.28. The fourth-order valence-electron chi connectivity index (χ4n) is 2.63.